The van der Waals surface area contributed by atoms with Crippen LogP contribution in [-0.4, -0.2) is 29.9 Å². The normalized spacial score (nSPS) is 44.9. The summed E-state index contributed by atoms with van der Waals surface area (Å²) in [6, 6.07) is 0. The van der Waals surface area contributed by atoms with Crippen molar-refractivity contribution in [2.45, 2.75) is 84.8 Å². The molecule has 0 bridgehead atoms. The largest absolute Gasteiger partial charge is 0.462 e. The lowest BCUT2D eigenvalue weighted by Gasteiger charge is -2.57. The maximum absolute atomic E-state index is 11.7. The van der Waals surface area contributed by atoms with E-state index in [2.05, 4.69) is 25.0 Å². The molecule has 6 nitrogen and oxygen atoms in total. The van der Waals surface area contributed by atoms with Gasteiger partial charge < -0.3 is 15.3 Å². The monoisotopic (exact) mass is 402 g/mol. The Morgan fingerprint density at radius 1 is 1.03 bits per heavy atom. The highest BCUT2D eigenvalue weighted by Crippen LogP contribution is 2.64. The number of esters is 2. The molecule has 4 rings (SSSR count). The molecule has 0 amide bonds. The number of rotatable bonds is 2. The molecule has 2 N–H and O–H groups in total. The van der Waals surface area contributed by atoms with E-state index in [9.17, 15) is 9.59 Å². The van der Waals surface area contributed by atoms with Gasteiger partial charge in [0.1, 0.15) is 12.2 Å². The number of hydrazone groups is 1. The Bertz CT molecular complexity index is 775. The van der Waals surface area contributed by atoms with Crippen molar-refractivity contribution in [3.05, 3.63) is 11.6 Å². The number of carbonyl (C=O) groups is 2. The first-order valence-electron chi connectivity index (χ1n) is 11.0. The van der Waals surface area contributed by atoms with E-state index in [0.717, 1.165) is 50.7 Å². The topological polar surface area (TPSA) is 91.0 Å². The van der Waals surface area contributed by atoms with E-state index in [1.54, 1.807) is 0 Å². The van der Waals surface area contributed by atoms with Crippen molar-refractivity contribution in [3.8, 4) is 0 Å². The zero-order valence-corrected chi connectivity index (χ0v) is 18.1. The second kappa shape index (κ2) is 7.13. The highest BCUT2D eigenvalue weighted by molar-refractivity contribution is 5.99. The summed E-state index contributed by atoms with van der Waals surface area (Å²) in [5.74, 6) is 6.72. The van der Waals surface area contributed by atoms with Gasteiger partial charge in [-0.25, -0.2) is 0 Å². The summed E-state index contributed by atoms with van der Waals surface area (Å²) in [4.78, 5) is 23.1. The predicted octanol–water partition coefficient (Wildman–Crippen LogP) is 3.74. The highest BCUT2D eigenvalue weighted by atomic mass is 16.5. The van der Waals surface area contributed by atoms with Gasteiger partial charge in [0.2, 0.25) is 0 Å². The van der Waals surface area contributed by atoms with Crippen LogP contribution < -0.4 is 5.84 Å². The maximum Gasteiger partial charge on any atom is 0.302 e. The second-order valence-corrected chi connectivity index (χ2v) is 10.1. The van der Waals surface area contributed by atoms with E-state index >= 15 is 0 Å². The first-order chi connectivity index (χ1) is 13.7. The lowest BCUT2D eigenvalue weighted by molar-refractivity contribution is -0.155. The van der Waals surface area contributed by atoms with Crippen LogP contribution in [0, 0.1) is 28.6 Å². The zero-order chi connectivity index (χ0) is 21.0. The van der Waals surface area contributed by atoms with Gasteiger partial charge in [0.25, 0.3) is 0 Å². The third-order valence-corrected chi connectivity index (χ3v) is 8.62. The molecule has 29 heavy (non-hydrogen) atoms. The van der Waals surface area contributed by atoms with Crippen LogP contribution >= 0.6 is 0 Å². The summed E-state index contributed by atoms with van der Waals surface area (Å²) in [6.45, 7) is 7.66. The molecule has 7 atom stereocenters. The Morgan fingerprint density at radius 2 is 1.76 bits per heavy atom. The summed E-state index contributed by atoms with van der Waals surface area (Å²) >= 11 is 0. The molecule has 160 valence electrons. The van der Waals surface area contributed by atoms with Gasteiger partial charge in [-0.05, 0) is 61.9 Å². The smallest absolute Gasteiger partial charge is 0.302 e. The summed E-state index contributed by atoms with van der Waals surface area (Å²) in [5, 5.41) is 4.24. The van der Waals surface area contributed by atoms with E-state index in [4.69, 9.17) is 15.3 Å². The summed E-state index contributed by atoms with van der Waals surface area (Å²) < 4.78 is 11.3. The quantitative estimate of drug-likeness (QED) is 0.432. The van der Waals surface area contributed by atoms with E-state index in [1.165, 1.54) is 19.4 Å². The molecule has 3 fully saturated rings. The summed E-state index contributed by atoms with van der Waals surface area (Å²) in [6.07, 6.45) is 8.95. The van der Waals surface area contributed by atoms with Gasteiger partial charge in [-0.3, -0.25) is 9.59 Å². The fraction of sp³-hybridized carbons (Fsp3) is 0.783. The van der Waals surface area contributed by atoms with Crippen molar-refractivity contribution in [1.82, 2.24) is 0 Å². The Hall–Kier alpha value is -1.85. The minimum Gasteiger partial charge on any atom is -0.462 e. The Balaban J connectivity index is 1.66. The molecule has 3 saturated carbocycles. The summed E-state index contributed by atoms with van der Waals surface area (Å²) in [5.41, 5.74) is 2.39. The number of nitrogens with two attached hydrogens (primary N) is 1. The van der Waals surface area contributed by atoms with Crippen LogP contribution in [0.5, 0.6) is 0 Å². The number of nitrogens with zero attached hydrogens (tertiary/aromatic N) is 1. The fourth-order valence-electron chi connectivity index (χ4n) is 7.20. The number of hydrogen-bond donors (Lipinski definition) is 1. The van der Waals surface area contributed by atoms with Gasteiger partial charge in [-0.2, -0.15) is 5.10 Å². The van der Waals surface area contributed by atoms with E-state index in [1.807, 2.05) is 0 Å². The molecular weight excluding hydrogens is 368 g/mol. The molecule has 4 aliphatic carbocycles. The van der Waals surface area contributed by atoms with Crippen LogP contribution in [0.25, 0.3) is 0 Å². The number of allylic oxidation sites excluding steroid dienone is 1. The first kappa shape index (κ1) is 20.4. The van der Waals surface area contributed by atoms with Crippen molar-refractivity contribution in [2.75, 3.05) is 0 Å². The van der Waals surface area contributed by atoms with Gasteiger partial charge in [-0.15, -0.1) is 0 Å². The number of hydrogen-bond acceptors (Lipinski definition) is 6. The summed E-state index contributed by atoms with van der Waals surface area (Å²) in [7, 11) is 0. The molecule has 0 spiro atoms. The average Bonchev–Trinajstić information content (AvgIpc) is 2.97. The molecule has 0 saturated heterocycles. The molecule has 6 heteroatoms. The standard InChI is InChI=1S/C23H34N2O4/c1-13(26)28-16-7-9-22(3)15(11-16)12-19(25-24)21-17-5-6-20(29-14(2)27)23(17,4)10-8-18(21)22/h12,16-18,20-21H,5-11,24H2,1-4H3/t16-,17?,18?,20-,21?,22-,23-/m0/s1. The van der Waals surface area contributed by atoms with Crippen molar-refractivity contribution in [1.29, 1.82) is 0 Å². The Morgan fingerprint density at radius 3 is 2.41 bits per heavy atom. The van der Waals surface area contributed by atoms with Gasteiger partial charge >= 0.3 is 11.9 Å². The van der Waals surface area contributed by atoms with Crippen molar-refractivity contribution < 1.29 is 19.1 Å². The van der Waals surface area contributed by atoms with Crippen LogP contribution in [0.1, 0.15) is 72.6 Å². The Kier molecular flexibility index (Phi) is 5.02. The second-order valence-electron chi connectivity index (χ2n) is 10.1. The molecule has 0 aromatic heterocycles. The van der Waals surface area contributed by atoms with Gasteiger partial charge in [0.05, 0.1) is 5.71 Å². The molecule has 0 heterocycles. The Labute approximate surface area is 173 Å². The maximum atomic E-state index is 11.7. The lowest BCUT2D eigenvalue weighted by atomic mass is 9.47. The highest BCUT2D eigenvalue weighted by Gasteiger charge is 2.61. The van der Waals surface area contributed by atoms with Gasteiger partial charge in [0, 0.05) is 31.6 Å². The molecule has 0 aromatic rings. The molecule has 0 aromatic carbocycles. The van der Waals surface area contributed by atoms with E-state index < -0.39 is 0 Å². The van der Waals surface area contributed by atoms with Crippen LogP contribution in [0.15, 0.2) is 16.8 Å². The van der Waals surface area contributed by atoms with Gasteiger partial charge in [0.15, 0.2) is 0 Å². The lowest BCUT2D eigenvalue weighted by Crippen LogP contribution is -2.54. The van der Waals surface area contributed by atoms with E-state index in [0.29, 0.717) is 17.8 Å². The van der Waals surface area contributed by atoms with Crippen molar-refractivity contribution in [3.63, 3.8) is 0 Å². The minimum absolute atomic E-state index is 0.0112. The van der Waals surface area contributed by atoms with Crippen LogP contribution in [-0.2, 0) is 19.1 Å². The third-order valence-electron chi connectivity index (χ3n) is 8.62. The molecule has 0 radical (unpaired) electrons. The first-order valence-corrected chi connectivity index (χ1v) is 11.0. The van der Waals surface area contributed by atoms with E-state index in [-0.39, 0.29) is 35.0 Å². The molecule has 4 aliphatic rings. The predicted molar refractivity (Wildman–Crippen MR) is 110 cm³/mol. The van der Waals surface area contributed by atoms with Crippen LogP contribution in [0.3, 0.4) is 0 Å². The van der Waals surface area contributed by atoms with Crippen LogP contribution in [0.4, 0.5) is 0 Å². The molecule has 3 unspecified atom stereocenters. The van der Waals surface area contributed by atoms with Crippen molar-refractivity contribution in [2.24, 2.45) is 39.5 Å². The number of ether oxygens (including phenoxy) is 2. The number of carbonyl (C=O) groups excluding carboxylic acids is 2. The zero-order valence-electron chi connectivity index (χ0n) is 18.1. The average molecular weight is 403 g/mol. The van der Waals surface area contributed by atoms with Gasteiger partial charge in [-0.1, -0.05) is 19.4 Å². The molecule has 0 aliphatic heterocycles. The SMILES string of the molecule is CC(=O)O[C@H]1CC[C@@]2(C)C(=CC(=NN)C3C2CC[C@@]2(C)C3CC[C@@H]2OC(C)=O)C1. The fourth-order valence-corrected chi connectivity index (χ4v) is 7.20. The van der Waals surface area contributed by atoms with Crippen molar-refractivity contribution >= 4 is 17.7 Å². The minimum atomic E-state index is -0.212. The third kappa shape index (κ3) is 3.19. The number of fused-ring (bicyclic) bond motifs is 5. The molecular formula is C23H34N2O4. The van der Waals surface area contributed by atoms with Crippen LogP contribution in [0.2, 0.25) is 0 Å².